The lowest BCUT2D eigenvalue weighted by atomic mass is 9.98. The van der Waals surface area contributed by atoms with Gasteiger partial charge < -0.3 is 20.1 Å². The van der Waals surface area contributed by atoms with Gasteiger partial charge in [0.1, 0.15) is 11.5 Å². The molecule has 3 rings (SSSR count). The third-order valence-electron chi connectivity index (χ3n) is 4.23. The highest BCUT2D eigenvalue weighted by molar-refractivity contribution is 7.09. The molecule has 0 unspecified atom stereocenters. The van der Waals surface area contributed by atoms with Gasteiger partial charge in [0.15, 0.2) is 0 Å². The molecule has 0 aliphatic carbocycles. The molecule has 1 aromatic carbocycles. The summed E-state index contributed by atoms with van der Waals surface area (Å²) < 4.78 is 11.2. The third kappa shape index (κ3) is 6.96. The van der Waals surface area contributed by atoms with Crippen LogP contribution in [0, 0.1) is 0 Å². The Labute approximate surface area is 186 Å². The van der Waals surface area contributed by atoms with E-state index in [1.54, 1.807) is 23.6 Å². The van der Waals surface area contributed by atoms with Crippen molar-refractivity contribution in [2.45, 2.75) is 46.2 Å². The number of benzene rings is 1. The Balaban J connectivity index is 1.48. The molecule has 3 aromatic rings. The van der Waals surface area contributed by atoms with Crippen molar-refractivity contribution in [1.82, 2.24) is 20.6 Å². The largest absolute Gasteiger partial charge is 0.494 e. The zero-order chi connectivity index (χ0) is 22.3. The second kappa shape index (κ2) is 10.3. The fraction of sp³-hybridized carbons (Fsp3) is 0.348. The summed E-state index contributed by atoms with van der Waals surface area (Å²) in [5, 5.41) is 8.72. The molecule has 2 aromatic heterocycles. The number of nitrogens with zero attached hydrogens (tertiary/aromatic N) is 2. The molecule has 164 valence electrons. The summed E-state index contributed by atoms with van der Waals surface area (Å²) in [6, 6.07) is 10.7. The van der Waals surface area contributed by atoms with Gasteiger partial charge in [-0.3, -0.25) is 0 Å². The predicted octanol–water partition coefficient (Wildman–Crippen LogP) is 5.03. The predicted molar refractivity (Wildman–Crippen MR) is 122 cm³/mol. The van der Waals surface area contributed by atoms with Gasteiger partial charge in [-0.2, -0.15) is 0 Å². The van der Waals surface area contributed by atoms with Crippen molar-refractivity contribution in [3.8, 4) is 17.4 Å². The topological polar surface area (TPSA) is 85.4 Å². The molecule has 2 N–H and O–H groups in total. The zero-order valence-corrected chi connectivity index (χ0v) is 19.1. The van der Waals surface area contributed by atoms with Gasteiger partial charge in [-0.05, 0) is 42.8 Å². The number of hydrogen-bond donors (Lipinski definition) is 2. The minimum absolute atomic E-state index is 0.0115. The molecule has 8 heteroatoms. The van der Waals surface area contributed by atoms with Crippen LogP contribution in [0.2, 0.25) is 0 Å². The van der Waals surface area contributed by atoms with Gasteiger partial charge in [0.05, 0.1) is 23.9 Å². The second-order valence-electron chi connectivity index (χ2n) is 7.94. The number of amides is 2. The van der Waals surface area contributed by atoms with Crippen molar-refractivity contribution in [1.29, 1.82) is 0 Å². The SMILES string of the molecule is CCOc1ccc(Oc2cc(CNC(=O)NCc3csc(C(C)(C)C)n3)ccn2)cc1. The van der Waals surface area contributed by atoms with Gasteiger partial charge in [-0.25, -0.2) is 14.8 Å². The molecule has 0 aliphatic heterocycles. The lowest BCUT2D eigenvalue weighted by Gasteiger charge is -2.13. The molecule has 0 bridgehead atoms. The van der Waals surface area contributed by atoms with Crippen LogP contribution in [0.4, 0.5) is 4.79 Å². The maximum Gasteiger partial charge on any atom is 0.315 e. The molecule has 0 saturated heterocycles. The number of thiazole rings is 1. The van der Waals surface area contributed by atoms with Gasteiger partial charge in [0.25, 0.3) is 0 Å². The summed E-state index contributed by atoms with van der Waals surface area (Å²) in [7, 11) is 0. The average molecular weight is 441 g/mol. The van der Waals surface area contributed by atoms with Crippen LogP contribution in [0.3, 0.4) is 0 Å². The molecule has 7 nitrogen and oxygen atoms in total. The van der Waals surface area contributed by atoms with E-state index in [2.05, 4.69) is 41.4 Å². The fourth-order valence-electron chi connectivity index (χ4n) is 2.66. The van der Waals surface area contributed by atoms with Crippen LogP contribution in [-0.2, 0) is 18.5 Å². The summed E-state index contributed by atoms with van der Waals surface area (Å²) in [4.78, 5) is 21.0. The van der Waals surface area contributed by atoms with Gasteiger partial charge in [-0.1, -0.05) is 20.8 Å². The van der Waals surface area contributed by atoms with Crippen LogP contribution < -0.4 is 20.1 Å². The van der Waals surface area contributed by atoms with Crippen LogP contribution in [0.1, 0.15) is 44.0 Å². The fourth-order valence-corrected chi connectivity index (χ4v) is 3.56. The van der Waals surface area contributed by atoms with Crippen molar-refractivity contribution < 1.29 is 14.3 Å². The number of rotatable bonds is 8. The molecule has 0 atom stereocenters. The monoisotopic (exact) mass is 440 g/mol. The van der Waals surface area contributed by atoms with Crippen molar-refractivity contribution >= 4 is 17.4 Å². The highest BCUT2D eigenvalue weighted by Gasteiger charge is 2.18. The molecule has 2 amide bonds. The van der Waals surface area contributed by atoms with Crippen LogP contribution in [0.5, 0.6) is 17.4 Å². The van der Waals surface area contributed by atoms with E-state index in [0.29, 0.717) is 31.3 Å². The van der Waals surface area contributed by atoms with E-state index >= 15 is 0 Å². The number of carbonyl (C=O) groups is 1. The highest BCUT2D eigenvalue weighted by Crippen LogP contribution is 2.25. The summed E-state index contributed by atoms with van der Waals surface area (Å²) in [5.74, 6) is 1.91. The van der Waals surface area contributed by atoms with Crippen molar-refractivity contribution in [3.05, 3.63) is 64.2 Å². The first-order chi connectivity index (χ1) is 14.8. The Hall–Kier alpha value is -3.13. The second-order valence-corrected chi connectivity index (χ2v) is 8.80. The standard InChI is InChI=1S/C23H28N4O3S/c1-5-29-18-6-8-19(9-7-18)30-20-12-16(10-11-24-20)13-25-22(28)26-14-17-15-31-21(27-17)23(2,3)4/h6-12,15H,5,13-14H2,1-4H3,(H2,25,26,28). The molecule has 0 saturated carbocycles. The first kappa shape index (κ1) is 22.6. The Morgan fingerprint density at radius 3 is 2.45 bits per heavy atom. The minimum atomic E-state index is -0.254. The van der Waals surface area contributed by atoms with Crippen LogP contribution in [0.15, 0.2) is 48.0 Å². The van der Waals surface area contributed by atoms with Crippen LogP contribution in [-0.4, -0.2) is 22.6 Å². The van der Waals surface area contributed by atoms with E-state index in [9.17, 15) is 4.79 Å². The lowest BCUT2D eigenvalue weighted by Crippen LogP contribution is -2.34. The van der Waals surface area contributed by atoms with Gasteiger partial charge in [-0.15, -0.1) is 11.3 Å². The molecule has 31 heavy (non-hydrogen) atoms. The highest BCUT2D eigenvalue weighted by atomic mass is 32.1. The number of nitrogens with one attached hydrogen (secondary N) is 2. The van der Waals surface area contributed by atoms with E-state index in [4.69, 9.17) is 9.47 Å². The van der Waals surface area contributed by atoms with E-state index < -0.39 is 0 Å². The van der Waals surface area contributed by atoms with Crippen molar-refractivity contribution in [2.24, 2.45) is 0 Å². The average Bonchev–Trinajstić information content (AvgIpc) is 3.22. The summed E-state index contributed by atoms with van der Waals surface area (Å²) in [5.41, 5.74) is 1.76. The Bertz CT molecular complexity index is 997. The summed E-state index contributed by atoms with van der Waals surface area (Å²) in [6.45, 7) is 9.68. The number of aromatic nitrogens is 2. The van der Waals surface area contributed by atoms with E-state index in [0.717, 1.165) is 22.0 Å². The molecule has 0 fully saturated rings. The Morgan fingerprint density at radius 1 is 1.06 bits per heavy atom. The first-order valence-electron chi connectivity index (χ1n) is 10.2. The maximum absolute atomic E-state index is 12.1. The van der Waals surface area contributed by atoms with Crippen molar-refractivity contribution in [2.75, 3.05) is 6.61 Å². The van der Waals surface area contributed by atoms with Gasteiger partial charge in [0.2, 0.25) is 5.88 Å². The molecule has 0 radical (unpaired) electrons. The minimum Gasteiger partial charge on any atom is -0.494 e. The zero-order valence-electron chi connectivity index (χ0n) is 18.3. The Kier molecular flexibility index (Phi) is 7.46. The smallest absolute Gasteiger partial charge is 0.315 e. The molecule has 0 spiro atoms. The normalized spacial score (nSPS) is 11.1. The van der Waals surface area contributed by atoms with E-state index in [1.165, 1.54) is 0 Å². The summed E-state index contributed by atoms with van der Waals surface area (Å²) >= 11 is 1.61. The number of hydrogen-bond acceptors (Lipinski definition) is 6. The summed E-state index contributed by atoms with van der Waals surface area (Å²) in [6.07, 6.45) is 1.65. The first-order valence-corrected chi connectivity index (χ1v) is 11.0. The van der Waals surface area contributed by atoms with Gasteiger partial charge >= 0.3 is 6.03 Å². The number of urea groups is 1. The number of carbonyl (C=O) groups excluding carboxylic acids is 1. The van der Waals surface area contributed by atoms with Crippen molar-refractivity contribution in [3.63, 3.8) is 0 Å². The molecular formula is C23H28N4O3S. The third-order valence-corrected chi connectivity index (χ3v) is 5.55. The van der Waals surface area contributed by atoms with Crippen LogP contribution >= 0.6 is 11.3 Å². The maximum atomic E-state index is 12.1. The van der Waals surface area contributed by atoms with E-state index in [1.807, 2.05) is 42.6 Å². The quantitative estimate of drug-likeness (QED) is 0.513. The Morgan fingerprint density at radius 2 is 1.77 bits per heavy atom. The number of ether oxygens (including phenoxy) is 2. The van der Waals surface area contributed by atoms with Gasteiger partial charge in [0, 0.05) is 29.6 Å². The lowest BCUT2D eigenvalue weighted by molar-refractivity contribution is 0.240. The molecular weight excluding hydrogens is 412 g/mol. The molecule has 2 heterocycles. The molecule has 0 aliphatic rings. The van der Waals surface area contributed by atoms with E-state index in [-0.39, 0.29) is 11.4 Å². The van der Waals surface area contributed by atoms with Crippen LogP contribution in [0.25, 0.3) is 0 Å². The number of pyridine rings is 1.